The molecule has 0 heterocycles. The molecule has 0 aliphatic heterocycles. The van der Waals surface area contributed by atoms with Gasteiger partial charge in [-0.2, -0.15) is 0 Å². The third-order valence-electron chi connectivity index (χ3n) is 4.11. The number of nitrogens with one attached hydrogen (secondary N) is 1. The summed E-state index contributed by atoms with van der Waals surface area (Å²) in [4.78, 5) is 13.7. The zero-order chi connectivity index (χ0) is 20.7. The fourth-order valence-corrected chi connectivity index (χ4v) is 4.61. The van der Waals surface area contributed by atoms with E-state index in [1.165, 1.54) is 12.7 Å². The van der Waals surface area contributed by atoms with Crippen LogP contribution in [0.1, 0.15) is 12.5 Å². The highest BCUT2D eigenvalue weighted by Crippen LogP contribution is 2.24. The Hall–Kier alpha value is -2.19. The summed E-state index contributed by atoms with van der Waals surface area (Å²) in [5, 5.41) is 2.82. The maximum absolute atomic E-state index is 12.5. The molecule has 1 atom stereocenters. The van der Waals surface area contributed by atoms with Crippen molar-refractivity contribution in [1.82, 2.24) is 5.32 Å². The molecular formula is C20H26N2O4S2. The molecule has 6 nitrogen and oxygen atoms in total. The van der Waals surface area contributed by atoms with E-state index in [1.54, 1.807) is 43.0 Å². The van der Waals surface area contributed by atoms with E-state index >= 15 is 0 Å². The van der Waals surface area contributed by atoms with Gasteiger partial charge in [0.25, 0.3) is 0 Å². The molecule has 2 aromatic carbocycles. The number of hydrogen-bond donors (Lipinski definition) is 1. The summed E-state index contributed by atoms with van der Waals surface area (Å²) in [6.45, 7) is 4.06. The number of methoxy groups -OCH3 is 1. The summed E-state index contributed by atoms with van der Waals surface area (Å²) in [6, 6.07) is 13.9. The Kier molecular flexibility index (Phi) is 7.77. The highest BCUT2D eigenvalue weighted by Gasteiger charge is 2.28. The Morgan fingerprint density at radius 3 is 2.29 bits per heavy atom. The van der Waals surface area contributed by atoms with Crippen LogP contribution in [-0.4, -0.2) is 46.0 Å². The minimum Gasteiger partial charge on any atom is -0.497 e. The van der Waals surface area contributed by atoms with Crippen LogP contribution in [0, 0.1) is 6.92 Å². The number of nitrogens with zero attached hydrogens (tertiary/aromatic N) is 1. The number of thioether (sulfide) groups is 1. The molecule has 0 aromatic heterocycles. The number of rotatable bonds is 9. The lowest BCUT2D eigenvalue weighted by molar-refractivity contribution is -0.121. The van der Waals surface area contributed by atoms with Gasteiger partial charge < -0.3 is 10.1 Å². The van der Waals surface area contributed by atoms with Gasteiger partial charge in [-0.1, -0.05) is 17.7 Å². The standard InChI is InChI=1S/C20H26N2O4S2/c1-15-5-11-19(12-6-15)27-14-13-21-20(23)16(2)22(28(4,24)25)17-7-9-18(26-3)10-8-17/h5-12,16H,13-14H2,1-4H3,(H,21,23)/t16-/m0/s1. The predicted molar refractivity (Wildman–Crippen MR) is 115 cm³/mol. The highest BCUT2D eigenvalue weighted by atomic mass is 32.2. The zero-order valence-corrected chi connectivity index (χ0v) is 18.1. The normalized spacial score (nSPS) is 12.3. The van der Waals surface area contributed by atoms with Gasteiger partial charge in [0.15, 0.2) is 0 Å². The van der Waals surface area contributed by atoms with E-state index in [0.29, 0.717) is 23.7 Å². The fraction of sp³-hybridized carbons (Fsp3) is 0.350. The molecule has 0 spiro atoms. The number of carbonyl (C=O) groups is 1. The third kappa shape index (κ3) is 6.17. The molecule has 2 aromatic rings. The van der Waals surface area contributed by atoms with Crippen molar-refractivity contribution in [3.8, 4) is 5.75 Å². The van der Waals surface area contributed by atoms with Crippen molar-refractivity contribution in [3.63, 3.8) is 0 Å². The molecule has 0 unspecified atom stereocenters. The van der Waals surface area contributed by atoms with Gasteiger partial charge in [-0.3, -0.25) is 9.10 Å². The van der Waals surface area contributed by atoms with Crippen molar-refractivity contribution in [2.75, 3.05) is 30.0 Å². The van der Waals surface area contributed by atoms with E-state index in [9.17, 15) is 13.2 Å². The average molecular weight is 423 g/mol. The van der Waals surface area contributed by atoms with Crippen molar-refractivity contribution >= 4 is 33.4 Å². The Balaban J connectivity index is 1.97. The lowest BCUT2D eigenvalue weighted by Crippen LogP contribution is -2.48. The monoisotopic (exact) mass is 422 g/mol. The van der Waals surface area contributed by atoms with Crippen molar-refractivity contribution < 1.29 is 17.9 Å². The van der Waals surface area contributed by atoms with Crippen LogP contribution in [-0.2, 0) is 14.8 Å². The van der Waals surface area contributed by atoms with Crippen molar-refractivity contribution in [2.45, 2.75) is 24.8 Å². The van der Waals surface area contributed by atoms with Gasteiger partial charge in [-0.15, -0.1) is 11.8 Å². The van der Waals surface area contributed by atoms with Gasteiger partial charge in [0.2, 0.25) is 15.9 Å². The minimum absolute atomic E-state index is 0.342. The Morgan fingerprint density at radius 2 is 1.75 bits per heavy atom. The van der Waals surface area contributed by atoms with Crippen LogP contribution in [0.2, 0.25) is 0 Å². The molecule has 28 heavy (non-hydrogen) atoms. The first-order valence-corrected chi connectivity index (χ1v) is 11.7. The van der Waals surface area contributed by atoms with Crippen molar-refractivity contribution in [2.24, 2.45) is 0 Å². The number of hydrogen-bond acceptors (Lipinski definition) is 5. The molecule has 1 N–H and O–H groups in total. The van der Waals surface area contributed by atoms with E-state index in [-0.39, 0.29) is 5.91 Å². The van der Waals surface area contributed by atoms with Gasteiger partial charge >= 0.3 is 0 Å². The van der Waals surface area contributed by atoms with Gasteiger partial charge in [0.1, 0.15) is 11.8 Å². The molecular weight excluding hydrogens is 396 g/mol. The van der Waals surface area contributed by atoms with Crippen LogP contribution in [0.25, 0.3) is 0 Å². The average Bonchev–Trinajstić information content (AvgIpc) is 2.66. The van der Waals surface area contributed by atoms with E-state index in [0.717, 1.165) is 15.5 Å². The first-order chi connectivity index (χ1) is 13.2. The first-order valence-electron chi connectivity index (χ1n) is 8.83. The van der Waals surface area contributed by atoms with E-state index in [1.807, 2.05) is 31.2 Å². The van der Waals surface area contributed by atoms with Crippen LogP contribution in [0.4, 0.5) is 5.69 Å². The number of carbonyl (C=O) groups excluding carboxylic acids is 1. The third-order valence-corrected chi connectivity index (χ3v) is 6.36. The van der Waals surface area contributed by atoms with Crippen molar-refractivity contribution in [1.29, 1.82) is 0 Å². The Bertz CT molecular complexity index is 881. The van der Waals surface area contributed by atoms with Crippen molar-refractivity contribution in [3.05, 3.63) is 54.1 Å². The van der Waals surface area contributed by atoms with Crippen LogP contribution in [0.3, 0.4) is 0 Å². The Labute approximate surface area is 171 Å². The first kappa shape index (κ1) is 22.1. The number of ether oxygens (including phenoxy) is 1. The molecule has 8 heteroatoms. The van der Waals surface area contributed by atoms with Gasteiger partial charge in [0, 0.05) is 17.2 Å². The molecule has 0 bridgehead atoms. The second-order valence-corrected chi connectivity index (χ2v) is 9.41. The van der Waals surface area contributed by atoms with Gasteiger partial charge in [0.05, 0.1) is 19.1 Å². The van der Waals surface area contributed by atoms with Crippen LogP contribution >= 0.6 is 11.8 Å². The number of anilines is 1. The fourth-order valence-electron chi connectivity index (χ4n) is 2.66. The zero-order valence-electron chi connectivity index (χ0n) is 16.5. The van der Waals surface area contributed by atoms with E-state index in [4.69, 9.17) is 4.74 Å². The molecule has 0 radical (unpaired) electrons. The van der Waals surface area contributed by atoms with Gasteiger partial charge in [-0.05, 0) is 50.2 Å². The molecule has 0 aliphatic rings. The van der Waals surface area contributed by atoms with Crippen LogP contribution < -0.4 is 14.4 Å². The highest BCUT2D eigenvalue weighted by molar-refractivity contribution is 7.99. The van der Waals surface area contributed by atoms with Gasteiger partial charge in [-0.25, -0.2) is 8.42 Å². The number of sulfonamides is 1. The predicted octanol–water partition coefficient (Wildman–Crippen LogP) is 3.07. The maximum Gasteiger partial charge on any atom is 0.243 e. The molecule has 152 valence electrons. The molecule has 0 saturated heterocycles. The summed E-state index contributed by atoms with van der Waals surface area (Å²) in [5.41, 5.74) is 1.62. The second kappa shape index (κ2) is 9.84. The smallest absolute Gasteiger partial charge is 0.243 e. The minimum atomic E-state index is -3.63. The number of amides is 1. The summed E-state index contributed by atoms with van der Waals surface area (Å²) in [6.07, 6.45) is 1.09. The summed E-state index contributed by atoms with van der Waals surface area (Å²) in [5.74, 6) is 0.969. The molecule has 0 fully saturated rings. The molecule has 2 rings (SSSR count). The quantitative estimate of drug-likeness (QED) is 0.497. The molecule has 1 amide bonds. The van der Waals surface area contributed by atoms with E-state index in [2.05, 4.69) is 5.32 Å². The van der Waals surface area contributed by atoms with E-state index < -0.39 is 16.1 Å². The molecule has 0 saturated carbocycles. The lowest BCUT2D eigenvalue weighted by atomic mass is 10.2. The maximum atomic E-state index is 12.5. The second-order valence-electron chi connectivity index (χ2n) is 6.39. The summed E-state index contributed by atoms with van der Waals surface area (Å²) < 4.78 is 30.8. The lowest BCUT2D eigenvalue weighted by Gasteiger charge is -2.28. The Morgan fingerprint density at radius 1 is 1.14 bits per heavy atom. The summed E-state index contributed by atoms with van der Waals surface area (Å²) in [7, 11) is -2.10. The van der Waals surface area contributed by atoms with Crippen LogP contribution in [0.5, 0.6) is 5.75 Å². The topological polar surface area (TPSA) is 75.7 Å². The number of aryl methyl sites for hydroxylation is 1. The largest absolute Gasteiger partial charge is 0.497 e. The SMILES string of the molecule is COc1ccc(N([C@@H](C)C(=O)NCCSc2ccc(C)cc2)S(C)(=O)=O)cc1. The summed E-state index contributed by atoms with van der Waals surface area (Å²) >= 11 is 1.64. The molecule has 0 aliphatic carbocycles. The van der Waals surface area contributed by atoms with Crippen LogP contribution in [0.15, 0.2) is 53.4 Å². The number of benzene rings is 2.